The molecule has 0 saturated heterocycles. The number of rotatable bonds is 4. The van der Waals surface area contributed by atoms with Gasteiger partial charge in [-0.05, 0) is 37.8 Å². The van der Waals surface area contributed by atoms with Gasteiger partial charge in [-0.1, -0.05) is 25.3 Å². The van der Waals surface area contributed by atoms with Crippen molar-refractivity contribution < 1.29 is 13.9 Å². The van der Waals surface area contributed by atoms with Gasteiger partial charge in [0.2, 0.25) is 0 Å². The van der Waals surface area contributed by atoms with Crippen molar-refractivity contribution in [1.29, 1.82) is 0 Å². The van der Waals surface area contributed by atoms with E-state index in [4.69, 9.17) is 4.74 Å². The lowest BCUT2D eigenvalue weighted by atomic mass is 9.99. The van der Waals surface area contributed by atoms with Crippen molar-refractivity contribution in [1.82, 2.24) is 5.43 Å². The fourth-order valence-electron chi connectivity index (χ4n) is 2.30. The molecule has 1 N–H and O–H groups in total. The van der Waals surface area contributed by atoms with Crippen LogP contribution in [0.3, 0.4) is 0 Å². The number of hydrazone groups is 1. The van der Waals surface area contributed by atoms with Crippen LogP contribution in [0.4, 0.5) is 4.39 Å². The molecule has 114 valence electrons. The topological polar surface area (TPSA) is 50.7 Å². The van der Waals surface area contributed by atoms with Crippen LogP contribution in [-0.2, 0) is 4.79 Å². The summed E-state index contributed by atoms with van der Waals surface area (Å²) >= 11 is 0. The Hall–Kier alpha value is -1.91. The van der Waals surface area contributed by atoms with Gasteiger partial charge in [-0.15, -0.1) is 0 Å². The van der Waals surface area contributed by atoms with Crippen molar-refractivity contribution in [2.45, 2.75) is 44.9 Å². The maximum absolute atomic E-state index is 13.0. The van der Waals surface area contributed by atoms with E-state index in [2.05, 4.69) is 10.5 Å². The minimum Gasteiger partial charge on any atom is -0.484 e. The van der Waals surface area contributed by atoms with E-state index in [0.29, 0.717) is 5.75 Å². The van der Waals surface area contributed by atoms with Crippen molar-refractivity contribution >= 4 is 11.6 Å². The Kier molecular flexibility index (Phi) is 6.19. The SMILES string of the molecule is O=C(COc1cccc(F)c1)NN=C1CCCCCCC1. The summed E-state index contributed by atoms with van der Waals surface area (Å²) in [4.78, 5) is 11.7. The molecule has 0 unspecified atom stereocenters. The molecular formula is C16H21FN2O2. The summed E-state index contributed by atoms with van der Waals surface area (Å²) in [6.45, 7) is -0.166. The first-order valence-corrected chi connectivity index (χ1v) is 7.47. The molecule has 1 aliphatic carbocycles. The summed E-state index contributed by atoms with van der Waals surface area (Å²) in [7, 11) is 0. The van der Waals surface area contributed by atoms with E-state index in [1.165, 1.54) is 37.5 Å². The molecule has 0 aliphatic heterocycles. The fourth-order valence-corrected chi connectivity index (χ4v) is 2.30. The summed E-state index contributed by atoms with van der Waals surface area (Å²) < 4.78 is 18.2. The normalized spacial score (nSPS) is 15.8. The molecule has 5 heteroatoms. The third-order valence-corrected chi connectivity index (χ3v) is 3.44. The largest absolute Gasteiger partial charge is 0.484 e. The number of amides is 1. The summed E-state index contributed by atoms with van der Waals surface area (Å²) in [6.07, 6.45) is 7.92. The zero-order valence-electron chi connectivity index (χ0n) is 12.1. The minimum absolute atomic E-state index is 0.166. The van der Waals surface area contributed by atoms with Crippen LogP contribution < -0.4 is 10.2 Å². The number of hydrogen-bond donors (Lipinski definition) is 1. The highest BCUT2D eigenvalue weighted by atomic mass is 19.1. The summed E-state index contributed by atoms with van der Waals surface area (Å²) in [6, 6.07) is 5.72. The van der Waals surface area contributed by atoms with Crippen molar-refractivity contribution in [3.63, 3.8) is 0 Å². The quantitative estimate of drug-likeness (QED) is 0.864. The van der Waals surface area contributed by atoms with Crippen molar-refractivity contribution in [2.24, 2.45) is 5.10 Å². The molecule has 0 aromatic heterocycles. The lowest BCUT2D eigenvalue weighted by Gasteiger charge is -2.11. The second-order valence-electron chi connectivity index (χ2n) is 5.23. The Morgan fingerprint density at radius 1 is 1.19 bits per heavy atom. The van der Waals surface area contributed by atoms with Crippen LogP contribution in [0.1, 0.15) is 44.9 Å². The van der Waals surface area contributed by atoms with Gasteiger partial charge in [0.25, 0.3) is 5.91 Å². The predicted octanol–water partition coefficient (Wildman–Crippen LogP) is 3.42. The first kappa shape index (κ1) is 15.5. The van der Waals surface area contributed by atoms with E-state index in [0.717, 1.165) is 31.4 Å². The molecule has 0 bridgehead atoms. The number of carbonyl (C=O) groups is 1. The van der Waals surface area contributed by atoms with E-state index in [1.807, 2.05) is 0 Å². The molecule has 1 fully saturated rings. The van der Waals surface area contributed by atoms with Gasteiger partial charge in [-0.2, -0.15) is 5.10 Å². The zero-order valence-corrected chi connectivity index (χ0v) is 12.1. The third-order valence-electron chi connectivity index (χ3n) is 3.44. The molecule has 1 saturated carbocycles. The predicted molar refractivity (Wildman–Crippen MR) is 79.8 cm³/mol. The second-order valence-corrected chi connectivity index (χ2v) is 5.23. The van der Waals surface area contributed by atoms with Gasteiger partial charge in [0.05, 0.1) is 0 Å². The first-order chi connectivity index (χ1) is 10.2. The van der Waals surface area contributed by atoms with E-state index in [1.54, 1.807) is 6.07 Å². The molecule has 1 amide bonds. The molecule has 4 nitrogen and oxygen atoms in total. The molecular weight excluding hydrogens is 271 g/mol. The number of halogens is 1. The fraction of sp³-hybridized carbons (Fsp3) is 0.500. The Labute approximate surface area is 124 Å². The average Bonchev–Trinajstić information content (AvgIpc) is 2.44. The van der Waals surface area contributed by atoms with E-state index in [9.17, 15) is 9.18 Å². The molecule has 0 atom stereocenters. The van der Waals surface area contributed by atoms with Crippen molar-refractivity contribution in [2.75, 3.05) is 6.61 Å². The monoisotopic (exact) mass is 292 g/mol. The zero-order chi connectivity index (χ0) is 14.9. The number of benzene rings is 1. The lowest BCUT2D eigenvalue weighted by Crippen LogP contribution is -2.26. The summed E-state index contributed by atoms with van der Waals surface area (Å²) in [5.41, 5.74) is 3.57. The van der Waals surface area contributed by atoms with Gasteiger partial charge < -0.3 is 4.74 Å². The first-order valence-electron chi connectivity index (χ1n) is 7.47. The van der Waals surface area contributed by atoms with Crippen molar-refractivity contribution in [3.8, 4) is 5.75 Å². The number of nitrogens with one attached hydrogen (secondary N) is 1. The second kappa shape index (κ2) is 8.39. The van der Waals surface area contributed by atoms with Gasteiger partial charge in [0, 0.05) is 11.8 Å². The summed E-state index contributed by atoms with van der Waals surface area (Å²) in [5, 5.41) is 4.18. The van der Waals surface area contributed by atoms with Crippen LogP contribution >= 0.6 is 0 Å². The van der Waals surface area contributed by atoms with Crippen LogP contribution in [0.15, 0.2) is 29.4 Å². The van der Waals surface area contributed by atoms with Crippen LogP contribution in [0.5, 0.6) is 5.75 Å². The maximum atomic E-state index is 13.0. The number of ether oxygens (including phenoxy) is 1. The van der Waals surface area contributed by atoms with Crippen LogP contribution in [0.2, 0.25) is 0 Å². The van der Waals surface area contributed by atoms with Crippen molar-refractivity contribution in [3.05, 3.63) is 30.1 Å². The Balaban J connectivity index is 1.75. The Morgan fingerprint density at radius 3 is 2.62 bits per heavy atom. The molecule has 0 spiro atoms. The van der Waals surface area contributed by atoms with Gasteiger partial charge in [-0.3, -0.25) is 4.79 Å². The van der Waals surface area contributed by atoms with Gasteiger partial charge in [0.15, 0.2) is 6.61 Å². The minimum atomic E-state index is -0.386. The highest BCUT2D eigenvalue weighted by Crippen LogP contribution is 2.14. The standard InChI is InChI=1S/C16H21FN2O2/c17-13-7-6-10-15(11-13)21-12-16(20)19-18-14-8-4-2-1-3-5-9-14/h6-7,10-11H,1-5,8-9,12H2,(H,19,20). The van der Waals surface area contributed by atoms with Gasteiger partial charge in [0.1, 0.15) is 11.6 Å². The van der Waals surface area contributed by atoms with E-state index >= 15 is 0 Å². The van der Waals surface area contributed by atoms with Crippen LogP contribution in [-0.4, -0.2) is 18.2 Å². The smallest absolute Gasteiger partial charge is 0.277 e. The van der Waals surface area contributed by atoms with Crippen LogP contribution in [0, 0.1) is 5.82 Å². The van der Waals surface area contributed by atoms with E-state index < -0.39 is 0 Å². The molecule has 1 aliphatic rings. The van der Waals surface area contributed by atoms with Gasteiger partial charge in [-0.25, -0.2) is 9.82 Å². The highest BCUT2D eigenvalue weighted by molar-refractivity contribution is 5.86. The van der Waals surface area contributed by atoms with Crippen LogP contribution in [0.25, 0.3) is 0 Å². The molecule has 0 radical (unpaired) electrons. The molecule has 1 aromatic rings. The lowest BCUT2D eigenvalue weighted by molar-refractivity contribution is -0.123. The van der Waals surface area contributed by atoms with Gasteiger partial charge >= 0.3 is 0 Å². The molecule has 2 rings (SSSR count). The summed E-state index contributed by atoms with van der Waals surface area (Å²) in [5.74, 6) is -0.375. The third kappa shape index (κ3) is 5.94. The Morgan fingerprint density at radius 2 is 1.90 bits per heavy atom. The highest BCUT2D eigenvalue weighted by Gasteiger charge is 2.07. The maximum Gasteiger partial charge on any atom is 0.277 e. The molecule has 1 aromatic carbocycles. The van der Waals surface area contributed by atoms with E-state index in [-0.39, 0.29) is 18.3 Å². The molecule has 0 heterocycles. The molecule has 21 heavy (non-hydrogen) atoms. The average molecular weight is 292 g/mol. The Bertz CT molecular complexity index is 493. The number of carbonyl (C=O) groups excluding carboxylic acids is 1. The number of nitrogens with zero attached hydrogens (tertiary/aromatic N) is 1. The number of hydrogen-bond acceptors (Lipinski definition) is 3.